The molecule has 0 spiro atoms. The number of anilines is 1. The number of fused-ring (bicyclic) bond motifs is 1. The molecule has 2 aliphatic heterocycles. The van der Waals surface area contributed by atoms with E-state index in [1.165, 1.54) is 62.1 Å². The van der Waals surface area contributed by atoms with Crippen molar-refractivity contribution in [2.75, 3.05) is 32.2 Å². The number of rotatable bonds is 8. The van der Waals surface area contributed by atoms with Crippen LogP contribution in [0.5, 0.6) is 17.6 Å². The van der Waals surface area contributed by atoms with Gasteiger partial charge >= 0.3 is 12.0 Å². The maximum Gasteiger partial charge on any atom is 0.321 e. The van der Waals surface area contributed by atoms with Crippen LogP contribution in [-0.4, -0.2) is 85.4 Å². The molecular formula is C24H23ClN4O9S2. The monoisotopic (exact) mass is 610 g/mol. The van der Waals surface area contributed by atoms with Crippen molar-refractivity contribution in [3.05, 3.63) is 52.0 Å². The first-order chi connectivity index (χ1) is 19.0. The number of ether oxygens (including phenoxy) is 3. The van der Waals surface area contributed by atoms with Gasteiger partial charge in [0.25, 0.3) is 15.9 Å². The van der Waals surface area contributed by atoms with E-state index in [-0.39, 0.29) is 56.7 Å². The number of aromatic nitrogens is 2. The van der Waals surface area contributed by atoms with Crippen LogP contribution in [0.15, 0.2) is 40.1 Å². The Labute approximate surface area is 237 Å². The van der Waals surface area contributed by atoms with E-state index in [0.717, 1.165) is 11.3 Å². The van der Waals surface area contributed by atoms with Gasteiger partial charge in [-0.1, -0.05) is 11.6 Å². The summed E-state index contributed by atoms with van der Waals surface area (Å²) in [7, 11) is -0.722. The molecule has 0 aliphatic carbocycles. The number of hydrogen-bond acceptors (Lipinski definition) is 12. The van der Waals surface area contributed by atoms with Crippen molar-refractivity contribution in [1.29, 1.82) is 0 Å². The highest BCUT2D eigenvalue weighted by Gasteiger charge is 2.64. The lowest BCUT2D eigenvalue weighted by molar-refractivity contribution is -0.145. The molecule has 5 rings (SSSR count). The summed E-state index contributed by atoms with van der Waals surface area (Å²) in [6, 6.07) is 4.07. The van der Waals surface area contributed by atoms with Gasteiger partial charge in [0.05, 0.1) is 38.7 Å². The Morgan fingerprint density at radius 3 is 2.58 bits per heavy atom. The molecule has 1 aromatic carbocycles. The second-order valence-electron chi connectivity index (χ2n) is 8.90. The number of carbonyl (C=O) groups is 2. The number of aliphatic hydroxyl groups is 1. The van der Waals surface area contributed by atoms with Gasteiger partial charge in [-0.05, 0) is 29.6 Å². The Morgan fingerprint density at radius 1 is 1.18 bits per heavy atom. The summed E-state index contributed by atoms with van der Waals surface area (Å²) in [5, 5.41) is 22.4. The molecule has 1 saturated heterocycles. The lowest BCUT2D eigenvalue weighted by Gasteiger charge is -2.40. The Kier molecular flexibility index (Phi) is 7.12. The van der Waals surface area contributed by atoms with Crippen LogP contribution in [0.1, 0.15) is 17.5 Å². The molecule has 1 unspecified atom stereocenters. The summed E-state index contributed by atoms with van der Waals surface area (Å²) in [6.07, 6.45) is -0.175. The maximum atomic E-state index is 14.8. The van der Waals surface area contributed by atoms with Gasteiger partial charge in [-0.15, -0.1) is 11.3 Å². The summed E-state index contributed by atoms with van der Waals surface area (Å²) in [4.78, 5) is 36.8. The molecule has 0 saturated carbocycles. The fourth-order valence-corrected chi connectivity index (χ4v) is 8.23. The molecule has 13 nitrogen and oxygen atoms in total. The van der Waals surface area contributed by atoms with E-state index in [1.807, 2.05) is 0 Å². The zero-order valence-electron chi connectivity index (χ0n) is 21.3. The quantitative estimate of drug-likeness (QED) is 0.379. The molecule has 0 bridgehead atoms. The van der Waals surface area contributed by atoms with Crippen molar-refractivity contribution in [3.63, 3.8) is 0 Å². The molecule has 2 aliphatic rings. The lowest BCUT2D eigenvalue weighted by Crippen LogP contribution is -2.58. The van der Waals surface area contributed by atoms with E-state index >= 15 is 0 Å². The fourth-order valence-electron chi connectivity index (χ4n) is 5.26. The maximum absolute atomic E-state index is 14.8. The van der Waals surface area contributed by atoms with Crippen LogP contribution in [0.4, 0.5) is 5.69 Å². The molecule has 4 heterocycles. The number of hydrogen-bond donors (Lipinski definition) is 2. The van der Waals surface area contributed by atoms with Crippen LogP contribution in [0.2, 0.25) is 5.02 Å². The molecule has 2 aromatic heterocycles. The highest BCUT2D eigenvalue weighted by Crippen LogP contribution is 2.55. The number of nitrogens with zero attached hydrogens (tertiary/aromatic N) is 4. The minimum Gasteiger partial charge on any atom is -0.494 e. The number of amides is 1. The third-order valence-corrected chi connectivity index (χ3v) is 10.2. The molecule has 3 aromatic rings. The van der Waals surface area contributed by atoms with Gasteiger partial charge in [0, 0.05) is 29.7 Å². The SMILES string of the molecule is COc1ncc(C2(N3C[C@H](O)C[C@H]3C(=O)O)C(=O)N(S(=O)(=O)c3sccc3OC)c3ccc(Cl)cc32)c(OC)n1. The first-order valence-corrected chi connectivity index (χ1v) is 14.4. The first-order valence-electron chi connectivity index (χ1n) is 11.7. The Bertz CT molecular complexity index is 1620. The van der Waals surface area contributed by atoms with Gasteiger partial charge in [0.15, 0.2) is 9.75 Å². The number of thiophene rings is 1. The van der Waals surface area contributed by atoms with Crippen molar-refractivity contribution < 1.29 is 42.4 Å². The lowest BCUT2D eigenvalue weighted by atomic mass is 9.82. The fraction of sp³-hybridized carbons (Fsp3) is 0.333. The molecule has 0 radical (unpaired) electrons. The number of sulfonamides is 1. The summed E-state index contributed by atoms with van der Waals surface area (Å²) in [5.41, 5.74) is -2.30. The number of carboxylic acid groups (broad SMARTS) is 1. The predicted molar refractivity (Wildman–Crippen MR) is 142 cm³/mol. The van der Waals surface area contributed by atoms with Crippen LogP contribution >= 0.6 is 22.9 Å². The molecule has 3 atom stereocenters. The van der Waals surface area contributed by atoms with Crippen LogP contribution in [0, 0.1) is 0 Å². The van der Waals surface area contributed by atoms with Gasteiger partial charge < -0.3 is 24.4 Å². The number of carbonyl (C=O) groups excluding carboxylic acids is 1. The Balaban J connectivity index is 1.89. The van der Waals surface area contributed by atoms with E-state index in [4.69, 9.17) is 25.8 Å². The number of likely N-dealkylation sites (tertiary alicyclic amines) is 1. The molecule has 2 N–H and O–H groups in total. The zero-order valence-corrected chi connectivity index (χ0v) is 23.7. The second-order valence-corrected chi connectivity index (χ2v) is 12.2. The van der Waals surface area contributed by atoms with Gasteiger partial charge in [0.1, 0.15) is 11.8 Å². The third-order valence-electron chi connectivity index (χ3n) is 6.84. The summed E-state index contributed by atoms with van der Waals surface area (Å²) in [5.74, 6) is -2.55. The molecular weight excluding hydrogens is 588 g/mol. The minimum absolute atomic E-state index is 0.0242. The average molecular weight is 611 g/mol. The van der Waals surface area contributed by atoms with E-state index < -0.39 is 39.6 Å². The van der Waals surface area contributed by atoms with E-state index in [1.54, 1.807) is 0 Å². The summed E-state index contributed by atoms with van der Waals surface area (Å²) >= 11 is 7.23. The molecule has 1 amide bonds. The van der Waals surface area contributed by atoms with Crippen molar-refractivity contribution in [2.45, 2.75) is 28.3 Å². The predicted octanol–water partition coefficient (Wildman–Crippen LogP) is 1.72. The van der Waals surface area contributed by atoms with Crippen molar-refractivity contribution in [1.82, 2.24) is 14.9 Å². The summed E-state index contributed by atoms with van der Waals surface area (Å²) < 4.78 is 44.5. The number of carboxylic acids is 1. The standard InChI is InChI=1S/C24H23ClN4O9S2/c1-36-18-6-7-39-21(18)40(34,35)29-16-5-4-12(25)8-14(16)24(22(29)33,28-11-13(30)9-17(28)20(31)32)15-10-26-23(38-3)27-19(15)37-2/h4-8,10,13,17,30H,9,11H2,1-3H3,(H,31,32)/t13-,17+,24?/m1/s1. The van der Waals surface area contributed by atoms with Crippen molar-refractivity contribution >= 4 is 50.5 Å². The topological polar surface area (TPSA) is 169 Å². The number of aliphatic hydroxyl groups excluding tert-OH is 1. The summed E-state index contributed by atoms with van der Waals surface area (Å²) in [6.45, 7) is -0.306. The average Bonchev–Trinajstić information content (AvgIpc) is 3.63. The third kappa shape index (κ3) is 3.99. The van der Waals surface area contributed by atoms with Crippen LogP contribution < -0.4 is 18.5 Å². The smallest absolute Gasteiger partial charge is 0.321 e. The van der Waals surface area contributed by atoms with Gasteiger partial charge in [-0.25, -0.2) is 4.98 Å². The van der Waals surface area contributed by atoms with Crippen LogP contribution in [0.3, 0.4) is 0 Å². The van der Waals surface area contributed by atoms with Gasteiger partial charge in [-0.3, -0.25) is 14.5 Å². The van der Waals surface area contributed by atoms with Gasteiger partial charge in [-0.2, -0.15) is 17.7 Å². The number of β-amino-alcohol motifs (C(OH)–C–C–N with tert-alkyl or cyclic N) is 1. The molecule has 16 heteroatoms. The van der Waals surface area contributed by atoms with E-state index in [0.29, 0.717) is 4.31 Å². The van der Waals surface area contributed by atoms with Crippen LogP contribution in [0.25, 0.3) is 0 Å². The number of methoxy groups -OCH3 is 3. The first kappa shape index (κ1) is 28.0. The van der Waals surface area contributed by atoms with Crippen LogP contribution in [-0.2, 0) is 25.2 Å². The minimum atomic E-state index is -4.61. The number of benzene rings is 1. The van der Waals surface area contributed by atoms with E-state index in [9.17, 15) is 28.2 Å². The highest BCUT2D eigenvalue weighted by molar-refractivity contribution is 7.95. The Hall–Kier alpha value is -3.50. The normalized spacial score (nSPS) is 22.8. The van der Waals surface area contributed by atoms with Crippen molar-refractivity contribution in [3.8, 4) is 17.6 Å². The number of halogens is 1. The molecule has 212 valence electrons. The van der Waals surface area contributed by atoms with E-state index in [2.05, 4.69) is 9.97 Å². The van der Waals surface area contributed by atoms with Crippen molar-refractivity contribution in [2.24, 2.45) is 0 Å². The van der Waals surface area contributed by atoms with Gasteiger partial charge in [0.2, 0.25) is 5.88 Å². The zero-order chi connectivity index (χ0) is 29.0. The number of aliphatic carboxylic acids is 1. The Morgan fingerprint density at radius 2 is 1.93 bits per heavy atom. The second kappa shape index (κ2) is 10.2. The molecule has 40 heavy (non-hydrogen) atoms. The molecule has 1 fully saturated rings. The largest absolute Gasteiger partial charge is 0.494 e. The highest BCUT2D eigenvalue weighted by atomic mass is 35.5.